The van der Waals surface area contributed by atoms with Gasteiger partial charge < -0.3 is 10.2 Å². The molecule has 0 heterocycles. The summed E-state index contributed by atoms with van der Waals surface area (Å²) in [6, 6.07) is 24.7. The summed E-state index contributed by atoms with van der Waals surface area (Å²) in [6.07, 6.45) is 1.07. The number of carbonyl (C=O) groups is 2. The van der Waals surface area contributed by atoms with Crippen LogP contribution >= 0.6 is 11.6 Å². The fraction of sp³-hybridized carbons (Fsp3) is 0.259. The summed E-state index contributed by atoms with van der Waals surface area (Å²) < 4.78 is 26.1. The molecule has 3 aromatic rings. The maximum atomic E-state index is 13.5. The average Bonchev–Trinajstić information content (AvgIpc) is 2.86. The summed E-state index contributed by atoms with van der Waals surface area (Å²) in [4.78, 5) is 27.9. The van der Waals surface area contributed by atoms with Crippen LogP contribution in [0.4, 0.5) is 0 Å². The number of carbonyl (C=O) groups excluding carboxylic acids is 2. The molecule has 190 valence electrons. The van der Waals surface area contributed by atoms with Crippen LogP contribution in [0.25, 0.3) is 0 Å². The molecular formula is C27H30ClN3O4S. The van der Waals surface area contributed by atoms with E-state index >= 15 is 0 Å². The molecule has 36 heavy (non-hydrogen) atoms. The molecule has 0 saturated carbocycles. The van der Waals surface area contributed by atoms with E-state index in [4.69, 9.17) is 11.6 Å². The molecule has 0 radical (unpaired) electrons. The largest absolute Gasteiger partial charge is 0.350 e. The first-order chi connectivity index (χ1) is 17.1. The lowest BCUT2D eigenvalue weighted by atomic mass is 10.1. The third-order valence-corrected chi connectivity index (χ3v) is 7.32. The van der Waals surface area contributed by atoms with Crippen LogP contribution in [0.5, 0.6) is 0 Å². The van der Waals surface area contributed by atoms with Gasteiger partial charge in [0.05, 0.1) is 12.8 Å². The molecule has 0 unspecified atom stereocenters. The fourth-order valence-corrected chi connectivity index (χ4v) is 4.58. The van der Waals surface area contributed by atoms with Gasteiger partial charge in [-0.15, -0.1) is 0 Å². The highest BCUT2D eigenvalue weighted by Crippen LogP contribution is 2.16. The summed E-state index contributed by atoms with van der Waals surface area (Å²) in [5.74, 6) is -0.839. The molecule has 0 aromatic heterocycles. The van der Waals surface area contributed by atoms with E-state index in [1.165, 1.54) is 4.90 Å². The zero-order valence-electron chi connectivity index (χ0n) is 20.3. The first-order valence-corrected chi connectivity index (χ1v) is 13.7. The maximum Gasteiger partial charge on any atom is 0.242 e. The number of amides is 2. The molecule has 0 aliphatic carbocycles. The third-order valence-electron chi connectivity index (χ3n) is 5.76. The summed E-state index contributed by atoms with van der Waals surface area (Å²) in [7, 11) is -3.69. The van der Waals surface area contributed by atoms with Crippen LogP contribution < -0.4 is 5.32 Å². The number of nitrogens with zero attached hydrogens (tertiary/aromatic N) is 2. The SMILES string of the molecule is C[C@H](C(=O)NCc1ccccc1Cl)N(Cc1ccccc1)C(=O)CN(Cc1ccccc1)S(C)(=O)=O. The Morgan fingerprint density at radius 3 is 1.94 bits per heavy atom. The Kier molecular flexibility index (Phi) is 9.64. The van der Waals surface area contributed by atoms with Gasteiger partial charge in [0, 0.05) is 24.7 Å². The number of hydrogen-bond donors (Lipinski definition) is 1. The fourth-order valence-electron chi connectivity index (χ4n) is 3.65. The number of sulfonamides is 1. The van der Waals surface area contributed by atoms with Gasteiger partial charge in [0.1, 0.15) is 6.04 Å². The lowest BCUT2D eigenvalue weighted by Crippen LogP contribution is -2.50. The average molecular weight is 528 g/mol. The molecule has 3 rings (SSSR count). The van der Waals surface area contributed by atoms with Gasteiger partial charge >= 0.3 is 0 Å². The summed E-state index contributed by atoms with van der Waals surface area (Å²) in [6.45, 7) is 1.66. The van der Waals surface area contributed by atoms with Crippen LogP contribution in [0.2, 0.25) is 5.02 Å². The molecule has 0 saturated heterocycles. The Morgan fingerprint density at radius 1 is 0.861 bits per heavy atom. The number of benzene rings is 3. The smallest absolute Gasteiger partial charge is 0.242 e. The topological polar surface area (TPSA) is 86.8 Å². The van der Waals surface area contributed by atoms with Gasteiger partial charge in [-0.05, 0) is 29.7 Å². The number of hydrogen-bond acceptors (Lipinski definition) is 4. The highest BCUT2D eigenvalue weighted by atomic mass is 35.5. The van der Waals surface area contributed by atoms with E-state index in [0.717, 1.165) is 27.3 Å². The van der Waals surface area contributed by atoms with E-state index < -0.39 is 22.0 Å². The molecule has 0 spiro atoms. The van der Waals surface area contributed by atoms with Crippen molar-refractivity contribution in [1.82, 2.24) is 14.5 Å². The highest BCUT2D eigenvalue weighted by Gasteiger charge is 2.29. The quantitative estimate of drug-likeness (QED) is 0.410. The van der Waals surface area contributed by atoms with E-state index in [1.54, 1.807) is 31.2 Å². The van der Waals surface area contributed by atoms with E-state index in [1.807, 2.05) is 60.7 Å². The van der Waals surface area contributed by atoms with Crippen molar-refractivity contribution < 1.29 is 18.0 Å². The minimum absolute atomic E-state index is 0.0532. The molecule has 1 atom stereocenters. The Hall–Kier alpha value is -3.20. The molecule has 1 N–H and O–H groups in total. The first-order valence-electron chi connectivity index (χ1n) is 11.5. The molecule has 3 aromatic carbocycles. The van der Waals surface area contributed by atoms with Crippen LogP contribution in [0.15, 0.2) is 84.9 Å². The van der Waals surface area contributed by atoms with Gasteiger partial charge in [-0.3, -0.25) is 9.59 Å². The van der Waals surface area contributed by atoms with E-state index in [-0.39, 0.29) is 32.1 Å². The zero-order chi connectivity index (χ0) is 26.1. The standard InChI is InChI=1S/C27H30ClN3O4S/c1-21(27(33)29-17-24-15-9-10-16-25(24)28)31(19-23-13-7-4-8-14-23)26(32)20-30(36(2,34)35)18-22-11-5-3-6-12-22/h3-16,21H,17-20H2,1-2H3,(H,29,33)/t21-/m1/s1. The van der Waals surface area contributed by atoms with Gasteiger partial charge in [-0.1, -0.05) is 90.5 Å². The number of rotatable bonds is 11. The van der Waals surface area contributed by atoms with Crippen LogP contribution in [-0.4, -0.2) is 48.3 Å². The molecule has 9 heteroatoms. The first kappa shape index (κ1) is 27.4. The molecule has 0 fully saturated rings. The van der Waals surface area contributed by atoms with E-state index in [0.29, 0.717) is 5.02 Å². The van der Waals surface area contributed by atoms with Crippen molar-refractivity contribution in [3.8, 4) is 0 Å². The van der Waals surface area contributed by atoms with Crippen LogP contribution in [0.3, 0.4) is 0 Å². The molecule has 0 aliphatic rings. The van der Waals surface area contributed by atoms with Gasteiger partial charge in [0.15, 0.2) is 0 Å². The third kappa shape index (κ3) is 7.91. The van der Waals surface area contributed by atoms with Crippen molar-refractivity contribution in [3.63, 3.8) is 0 Å². The second kappa shape index (κ2) is 12.7. The molecule has 0 aliphatic heterocycles. The van der Waals surface area contributed by atoms with Gasteiger partial charge in [0.2, 0.25) is 21.8 Å². The molecule has 7 nitrogen and oxygen atoms in total. The zero-order valence-corrected chi connectivity index (χ0v) is 21.9. The van der Waals surface area contributed by atoms with Crippen LogP contribution in [-0.2, 0) is 39.2 Å². The van der Waals surface area contributed by atoms with Crippen molar-refractivity contribution >= 4 is 33.4 Å². The normalized spacial score (nSPS) is 12.2. The predicted molar refractivity (Wildman–Crippen MR) is 141 cm³/mol. The second-order valence-electron chi connectivity index (χ2n) is 8.51. The minimum Gasteiger partial charge on any atom is -0.350 e. The van der Waals surface area contributed by atoms with Crippen molar-refractivity contribution in [3.05, 3.63) is 107 Å². The Labute approximate surface area is 217 Å². The number of halogens is 1. The minimum atomic E-state index is -3.69. The van der Waals surface area contributed by atoms with Crippen molar-refractivity contribution in [1.29, 1.82) is 0 Å². The van der Waals surface area contributed by atoms with Gasteiger partial charge in [0.25, 0.3) is 0 Å². The maximum absolute atomic E-state index is 13.5. The second-order valence-corrected chi connectivity index (χ2v) is 10.9. The lowest BCUT2D eigenvalue weighted by Gasteiger charge is -2.31. The van der Waals surface area contributed by atoms with Gasteiger partial charge in [-0.25, -0.2) is 8.42 Å². The molecule has 2 amide bonds. The monoisotopic (exact) mass is 527 g/mol. The van der Waals surface area contributed by atoms with E-state index in [2.05, 4.69) is 5.32 Å². The van der Waals surface area contributed by atoms with Gasteiger partial charge in [-0.2, -0.15) is 4.31 Å². The van der Waals surface area contributed by atoms with E-state index in [9.17, 15) is 18.0 Å². The van der Waals surface area contributed by atoms with Crippen LogP contribution in [0, 0.1) is 0 Å². The Bertz CT molecular complexity index is 1270. The molecule has 0 bridgehead atoms. The summed E-state index contributed by atoms with van der Waals surface area (Å²) >= 11 is 6.20. The lowest BCUT2D eigenvalue weighted by molar-refractivity contribution is -0.140. The van der Waals surface area contributed by atoms with Crippen LogP contribution in [0.1, 0.15) is 23.6 Å². The predicted octanol–water partition coefficient (Wildman–Crippen LogP) is 3.84. The van der Waals surface area contributed by atoms with Crippen molar-refractivity contribution in [2.75, 3.05) is 12.8 Å². The Morgan fingerprint density at radius 2 is 1.39 bits per heavy atom. The summed E-state index contributed by atoms with van der Waals surface area (Å²) in [5, 5.41) is 3.37. The van der Waals surface area contributed by atoms with Crippen molar-refractivity contribution in [2.45, 2.75) is 32.6 Å². The molecular weight excluding hydrogens is 498 g/mol. The Balaban J connectivity index is 1.79. The van der Waals surface area contributed by atoms with Crippen molar-refractivity contribution in [2.24, 2.45) is 0 Å². The number of nitrogens with one attached hydrogen (secondary N) is 1. The highest BCUT2D eigenvalue weighted by molar-refractivity contribution is 7.88. The summed E-state index contributed by atoms with van der Waals surface area (Å²) in [5.41, 5.74) is 2.34.